The fraction of sp³-hybridized carbons (Fsp3) is 0.643. The number of H-pyrrole nitrogens is 1. The number of carbonyl (C=O) groups excluding carboxylic acids is 1. The Morgan fingerprint density at radius 3 is 2.78 bits per heavy atom. The molecule has 0 unspecified atom stereocenters. The van der Waals surface area contributed by atoms with E-state index in [-0.39, 0.29) is 5.91 Å². The Labute approximate surface area is 108 Å². The molecule has 1 amide bonds. The molecule has 1 aromatic heterocycles. The van der Waals surface area contributed by atoms with Crippen molar-refractivity contribution in [2.24, 2.45) is 0 Å². The van der Waals surface area contributed by atoms with Crippen molar-refractivity contribution < 1.29 is 4.79 Å². The van der Waals surface area contributed by atoms with E-state index in [1.54, 1.807) is 0 Å². The number of nitrogens with zero attached hydrogens (tertiary/aromatic N) is 2. The van der Waals surface area contributed by atoms with Crippen LogP contribution in [0.1, 0.15) is 35.3 Å². The van der Waals surface area contributed by atoms with E-state index in [4.69, 9.17) is 0 Å². The third kappa shape index (κ3) is 2.29. The van der Waals surface area contributed by atoms with Crippen LogP contribution < -0.4 is 0 Å². The van der Waals surface area contributed by atoms with E-state index in [0.717, 1.165) is 37.3 Å². The lowest BCUT2D eigenvalue weighted by molar-refractivity contribution is 0.0712. The molecule has 3 heterocycles. The minimum Gasteiger partial charge on any atom is -0.364 e. The molecule has 3 rings (SSSR count). The first-order valence-corrected chi connectivity index (χ1v) is 7.02. The summed E-state index contributed by atoms with van der Waals surface area (Å²) in [6.07, 6.45) is 6.84. The van der Waals surface area contributed by atoms with Crippen molar-refractivity contribution in [2.75, 3.05) is 32.7 Å². The summed E-state index contributed by atoms with van der Waals surface area (Å²) in [7, 11) is 0. The second-order valence-electron chi connectivity index (χ2n) is 5.31. The largest absolute Gasteiger partial charge is 0.364 e. The van der Waals surface area contributed by atoms with Crippen molar-refractivity contribution >= 4 is 5.91 Å². The smallest absolute Gasteiger partial charge is 0.255 e. The SMILES string of the molecule is O=C1c2cc[nH]c2CCN1CCN1CCCCC1. The Hall–Kier alpha value is -1.29. The van der Waals surface area contributed by atoms with Crippen molar-refractivity contribution in [1.82, 2.24) is 14.8 Å². The van der Waals surface area contributed by atoms with Crippen LogP contribution in [0, 0.1) is 0 Å². The van der Waals surface area contributed by atoms with Gasteiger partial charge >= 0.3 is 0 Å². The summed E-state index contributed by atoms with van der Waals surface area (Å²) >= 11 is 0. The number of fused-ring (bicyclic) bond motifs is 1. The van der Waals surface area contributed by atoms with Gasteiger partial charge in [0.25, 0.3) is 5.91 Å². The number of rotatable bonds is 3. The van der Waals surface area contributed by atoms with Gasteiger partial charge in [0.15, 0.2) is 0 Å². The second kappa shape index (κ2) is 5.14. The van der Waals surface area contributed by atoms with E-state index in [0.29, 0.717) is 0 Å². The van der Waals surface area contributed by atoms with Crippen molar-refractivity contribution in [3.8, 4) is 0 Å². The summed E-state index contributed by atoms with van der Waals surface area (Å²) in [5.41, 5.74) is 1.98. The van der Waals surface area contributed by atoms with Gasteiger partial charge in [0.2, 0.25) is 0 Å². The molecule has 0 bridgehead atoms. The van der Waals surface area contributed by atoms with Crippen molar-refractivity contribution in [1.29, 1.82) is 0 Å². The van der Waals surface area contributed by atoms with E-state index in [1.807, 2.05) is 17.2 Å². The Bertz CT molecular complexity index is 420. The molecule has 1 aromatic rings. The lowest BCUT2D eigenvalue weighted by atomic mass is 10.1. The third-order valence-corrected chi connectivity index (χ3v) is 4.12. The fourth-order valence-corrected chi connectivity index (χ4v) is 2.99. The average molecular weight is 247 g/mol. The van der Waals surface area contributed by atoms with Gasteiger partial charge in [-0.2, -0.15) is 0 Å². The fourth-order valence-electron chi connectivity index (χ4n) is 2.99. The molecule has 4 heteroatoms. The second-order valence-corrected chi connectivity index (χ2v) is 5.31. The quantitative estimate of drug-likeness (QED) is 0.879. The molecule has 98 valence electrons. The highest BCUT2D eigenvalue weighted by Crippen LogP contribution is 2.17. The Balaban J connectivity index is 1.56. The van der Waals surface area contributed by atoms with Crippen LogP contribution >= 0.6 is 0 Å². The maximum Gasteiger partial charge on any atom is 0.255 e. The predicted molar refractivity (Wildman–Crippen MR) is 70.7 cm³/mol. The van der Waals surface area contributed by atoms with Crippen LogP contribution in [-0.4, -0.2) is 53.4 Å². The molecule has 18 heavy (non-hydrogen) atoms. The zero-order valence-electron chi connectivity index (χ0n) is 10.8. The highest BCUT2D eigenvalue weighted by molar-refractivity contribution is 5.96. The minimum absolute atomic E-state index is 0.203. The number of amides is 1. The summed E-state index contributed by atoms with van der Waals surface area (Å²) in [6, 6.07) is 1.91. The first kappa shape index (κ1) is 11.8. The van der Waals surface area contributed by atoms with E-state index < -0.39 is 0 Å². The normalized spacial score (nSPS) is 21.1. The molecule has 0 aromatic carbocycles. The first-order chi connectivity index (χ1) is 8.84. The maximum absolute atomic E-state index is 12.2. The molecule has 2 aliphatic heterocycles. The number of likely N-dealkylation sites (tertiary alicyclic amines) is 1. The molecule has 2 aliphatic rings. The number of piperidine rings is 1. The number of aromatic nitrogens is 1. The van der Waals surface area contributed by atoms with E-state index in [1.165, 1.54) is 32.4 Å². The standard InChI is InChI=1S/C14H21N3O/c18-14-12-4-6-15-13(12)5-9-17(14)11-10-16-7-2-1-3-8-16/h4,6,15H,1-3,5,7-11H2. The number of hydrogen-bond donors (Lipinski definition) is 1. The summed E-state index contributed by atoms with van der Waals surface area (Å²) in [4.78, 5) is 19.9. The lowest BCUT2D eigenvalue weighted by Crippen LogP contribution is -2.43. The molecule has 0 atom stereocenters. The van der Waals surface area contributed by atoms with Gasteiger partial charge < -0.3 is 14.8 Å². The highest BCUT2D eigenvalue weighted by Gasteiger charge is 2.25. The molecule has 1 N–H and O–H groups in total. The van der Waals surface area contributed by atoms with Crippen molar-refractivity contribution in [3.05, 3.63) is 23.5 Å². The van der Waals surface area contributed by atoms with E-state index >= 15 is 0 Å². The summed E-state index contributed by atoms with van der Waals surface area (Å²) in [5.74, 6) is 0.203. The van der Waals surface area contributed by atoms with Crippen LogP contribution in [0.5, 0.6) is 0 Å². The Morgan fingerprint density at radius 2 is 1.94 bits per heavy atom. The number of nitrogens with one attached hydrogen (secondary N) is 1. The Morgan fingerprint density at radius 1 is 1.11 bits per heavy atom. The van der Waals surface area contributed by atoms with Gasteiger partial charge in [-0.15, -0.1) is 0 Å². The van der Waals surface area contributed by atoms with Crippen LogP contribution in [0.15, 0.2) is 12.3 Å². The van der Waals surface area contributed by atoms with Gasteiger partial charge in [-0.3, -0.25) is 4.79 Å². The molecule has 1 saturated heterocycles. The molecular formula is C14H21N3O. The average Bonchev–Trinajstić information content (AvgIpc) is 2.88. The monoisotopic (exact) mass is 247 g/mol. The summed E-state index contributed by atoms with van der Waals surface area (Å²) in [5, 5.41) is 0. The van der Waals surface area contributed by atoms with Gasteiger partial charge in [-0.25, -0.2) is 0 Å². The predicted octanol–water partition coefficient (Wildman–Crippen LogP) is 1.50. The minimum atomic E-state index is 0.203. The van der Waals surface area contributed by atoms with Gasteiger partial charge in [-0.1, -0.05) is 6.42 Å². The van der Waals surface area contributed by atoms with Gasteiger partial charge in [0, 0.05) is 37.9 Å². The van der Waals surface area contributed by atoms with Crippen LogP contribution in [-0.2, 0) is 6.42 Å². The third-order valence-electron chi connectivity index (χ3n) is 4.12. The van der Waals surface area contributed by atoms with Gasteiger partial charge in [0.1, 0.15) is 0 Å². The topological polar surface area (TPSA) is 39.3 Å². The van der Waals surface area contributed by atoms with E-state index in [2.05, 4.69) is 9.88 Å². The van der Waals surface area contributed by atoms with E-state index in [9.17, 15) is 4.79 Å². The molecule has 1 fully saturated rings. The molecule has 0 saturated carbocycles. The lowest BCUT2D eigenvalue weighted by Gasteiger charge is -2.31. The Kier molecular flexibility index (Phi) is 3.37. The number of aromatic amines is 1. The molecular weight excluding hydrogens is 226 g/mol. The zero-order chi connectivity index (χ0) is 12.4. The van der Waals surface area contributed by atoms with Gasteiger partial charge in [0.05, 0.1) is 5.56 Å². The van der Waals surface area contributed by atoms with Crippen LogP contribution in [0.4, 0.5) is 0 Å². The van der Waals surface area contributed by atoms with Crippen LogP contribution in [0.3, 0.4) is 0 Å². The molecule has 0 radical (unpaired) electrons. The van der Waals surface area contributed by atoms with Crippen LogP contribution in [0.2, 0.25) is 0 Å². The first-order valence-electron chi connectivity index (χ1n) is 7.02. The maximum atomic E-state index is 12.2. The van der Waals surface area contributed by atoms with Crippen molar-refractivity contribution in [3.63, 3.8) is 0 Å². The highest BCUT2D eigenvalue weighted by atomic mass is 16.2. The zero-order valence-corrected chi connectivity index (χ0v) is 10.8. The molecule has 4 nitrogen and oxygen atoms in total. The summed E-state index contributed by atoms with van der Waals surface area (Å²) < 4.78 is 0. The van der Waals surface area contributed by atoms with Gasteiger partial charge in [-0.05, 0) is 32.0 Å². The van der Waals surface area contributed by atoms with Crippen molar-refractivity contribution in [2.45, 2.75) is 25.7 Å². The summed E-state index contributed by atoms with van der Waals surface area (Å²) in [6.45, 7) is 5.18. The molecule has 0 aliphatic carbocycles. The molecule has 0 spiro atoms. The van der Waals surface area contributed by atoms with Crippen LogP contribution in [0.25, 0.3) is 0 Å². The number of hydrogen-bond acceptors (Lipinski definition) is 2. The number of carbonyl (C=O) groups is 1.